The quantitative estimate of drug-likeness (QED) is 0.832. The van der Waals surface area contributed by atoms with E-state index in [9.17, 15) is 4.79 Å². The van der Waals surface area contributed by atoms with Gasteiger partial charge in [0.05, 0.1) is 6.61 Å². The van der Waals surface area contributed by atoms with Crippen molar-refractivity contribution in [2.75, 3.05) is 13.2 Å². The molecular weight excluding hydrogens is 220 g/mol. The number of carbonyl (C=O) groups is 1. The molecule has 2 aliphatic rings. The lowest BCUT2D eigenvalue weighted by atomic mass is 10.2. The molecule has 2 saturated carbocycles. The second kappa shape index (κ2) is 4.14. The largest absolute Gasteiger partial charge is 0.395 e. The van der Waals surface area contributed by atoms with Gasteiger partial charge >= 0.3 is 0 Å². The molecule has 1 heterocycles. The highest BCUT2D eigenvalue weighted by Gasteiger charge is 2.35. The molecule has 5 heteroatoms. The van der Waals surface area contributed by atoms with Crippen LogP contribution in [0.3, 0.4) is 0 Å². The third-order valence-electron chi connectivity index (χ3n) is 3.32. The first kappa shape index (κ1) is 10.8. The predicted octanol–water partition coefficient (Wildman–Crippen LogP) is 1.15. The minimum atomic E-state index is -0.114. The first-order chi connectivity index (χ1) is 8.29. The van der Waals surface area contributed by atoms with Crippen LogP contribution < -0.4 is 0 Å². The average Bonchev–Trinajstić information content (AvgIpc) is 3.25. The SMILES string of the molecule is O=C(c1cc(C2CC2)on1)N(CCO)C1CC1. The van der Waals surface area contributed by atoms with Crippen molar-refractivity contribution >= 4 is 5.91 Å². The Labute approximate surface area is 99.4 Å². The molecule has 1 aromatic rings. The van der Waals surface area contributed by atoms with Gasteiger partial charge in [0.25, 0.3) is 5.91 Å². The van der Waals surface area contributed by atoms with Crippen molar-refractivity contribution in [1.82, 2.24) is 10.1 Å². The summed E-state index contributed by atoms with van der Waals surface area (Å²) >= 11 is 0. The number of hydrogen-bond acceptors (Lipinski definition) is 4. The summed E-state index contributed by atoms with van der Waals surface area (Å²) in [5, 5.41) is 12.8. The molecule has 1 amide bonds. The summed E-state index contributed by atoms with van der Waals surface area (Å²) in [5.41, 5.74) is 0.382. The molecule has 0 radical (unpaired) electrons. The van der Waals surface area contributed by atoms with Gasteiger partial charge in [0, 0.05) is 24.6 Å². The molecule has 0 spiro atoms. The van der Waals surface area contributed by atoms with Crippen LogP contribution in [0.2, 0.25) is 0 Å². The molecule has 3 rings (SSSR count). The van der Waals surface area contributed by atoms with Crippen molar-refractivity contribution in [3.8, 4) is 0 Å². The second-order valence-electron chi connectivity index (χ2n) is 4.84. The van der Waals surface area contributed by atoms with E-state index in [1.807, 2.05) is 0 Å². The highest BCUT2D eigenvalue weighted by molar-refractivity contribution is 5.92. The van der Waals surface area contributed by atoms with E-state index in [1.54, 1.807) is 11.0 Å². The van der Waals surface area contributed by atoms with Crippen molar-refractivity contribution in [3.05, 3.63) is 17.5 Å². The van der Waals surface area contributed by atoms with Gasteiger partial charge in [-0.15, -0.1) is 0 Å². The predicted molar refractivity (Wildman–Crippen MR) is 59.6 cm³/mol. The summed E-state index contributed by atoms with van der Waals surface area (Å²) < 4.78 is 5.18. The lowest BCUT2D eigenvalue weighted by Crippen LogP contribution is -2.35. The molecule has 0 unspecified atom stereocenters. The molecule has 0 aliphatic heterocycles. The zero-order valence-corrected chi connectivity index (χ0v) is 9.63. The van der Waals surface area contributed by atoms with E-state index < -0.39 is 0 Å². The zero-order valence-electron chi connectivity index (χ0n) is 9.63. The Morgan fingerprint density at radius 3 is 2.82 bits per heavy atom. The van der Waals surface area contributed by atoms with Crippen LogP contribution in [0, 0.1) is 0 Å². The van der Waals surface area contributed by atoms with E-state index in [-0.39, 0.29) is 18.6 Å². The van der Waals surface area contributed by atoms with Crippen LogP contribution in [-0.4, -0.2) is 40.3 Å². The fraction of sp³-hybridized carbons (Fsp3) is 0.667. The first-order valence-corrected chi connectivity index (χ1v) is 6.18. The highest BCUT2D eigenvalue weighted by atomic mass is 16.5. The fourth-order valence-corrected chi connectivity index (χ4v) is 2.04. The lowest BCUT2D eigenvalue weighted by Gasteiger charge is -2.19. The standard InChI is InChI=1S/C12H16N2O3/c15-6-5-14(9-3-4-9)12(16)10-7-11(17-13-10)8-1-2-8/h7-9,15H,1-6H2. The number of aliphatic hydroxyl groups excluding tert-OH is 1. The molecular formula is C12H16N2O3. The van der Waals surface area contributed by atoms with Crippen molar-refractivity contribution in [2.45, 2.75) is 37.6 Å². The molecule has 0 atom stereocenters. The van der Waals surface area contributed by atoms with Crippen LogP contribution in [0.1, 0.15) is 47.8 Å². The first-order valence-electron chi connectivity index (χ1n) is 6.18. The van der Waals surface area contributed by atoms with Gasteiger partial charge in [0.15, 0.2) is 5.69 Å². The van der Waals surface area contributed by atoms with Crippen LogP contribution in [0.4, 0.5) is 0 Å². The Hall–Kier alpha value is -1.36. The fourth-order valence-electron chi connectivity index (χ4n) is 2.04. The summed E-state index contributed by atoms with van der Waals surface area (Å²) in [4.78, 5) is 13.9. The minimum absolute atomic E-state index is 0.00439. The van der Waals surface area contributed by atoms with Gasteiger partial charge < -0.3 is 14.5 Å². The lowest BCUT2D eigenvalue weighted by molar-refractivity contribution is 0.0697. The van der Waals surface area contributed by atoms with E-state index in [0.29, 0.717) is 18.2 Å². The maximum atomic E-state index is 12.2. The molecule has 5 nitrogen and oxygen atoms in total. The van der Waals surface area contributed by atoms with Crippen LogP contribution >= 0.6 is 0 Å². The highest BCUT2D eigenvalue weighted by Crippen LogP contribution is 2.40. The van der Waals surface area contributed by atoms with Gasteiger partial charge in [-0.1, -0.05) is 5.16 Å². The smallest absolute Gasteiger partial charge is 0.276 e. The van der Waals surface area contributed by atoms with Gasteiger partial charge in [-0.2, -0.15) is 0 Å². The molecule has 0 bridgehead atoms. The third-order valence-corrected chi connectivity index (χ3v) is 3.32. The monoisotopic (exact) mass is 236 g/mol. The molecule has 17 heavy (non-hydrogen) atoms. The summed E-state index contributed by atoms with van der Waals surface area (Å²) in [6, 6.07) is 2.04. The minimum Gasteiger partial charge on any atom is -0.395 e. The molecule has 1 aromatic heterocycles. The summed E-state index contributed by atoms with van der Waals surface area (Å²) in [5.74, 6) is 1.18. The maximum absolute atomic E-state index is 12.2. The average molecular weight is 236 g/mol. The number of hydrogen-bond donors (Lipinski definition) is 1. The Morgan fingerprint density at radius 1 is 1.47 bits per heavy atom. The summed E-state index contributed by atoms with van der Waals surface area (Å²) in [7, 11) is 0. The van der Waals surface area contributed by atoms with Gasteiger partial charge in [0.2, 0.25) is 0 Å². The van der Waals surface area contributed by atoms with Crippen LogP contribution in [0.25, 0.3) is 0 Å². The van der Waals surface area contributed by atoms with Crippen molar-refractivity contribution < 1.29 is 14.4 Å². The Morgan fingerprint density at radius 2 is 2.24 bits per heavy atom. The number of amides is 1. The van der Waals surface area contributed by atoms with E-state index in [0.717, 1.165) is 31.4 Å². The van der Waals surface area contributed by atoms with Crippen LogP contribution in [0.15, 0.2) is 10.6 Å². The van der Waals surface area contributed by atoms with Gasteiger partial charge in [-0.05, 0) is 25.7 Å². The number of aromatic nitrogens is 1. The summed E-state index contributed by atoms with van der Waals surface area (Å²) in [6.07, 6.45) is 4.32. The van der Waals surface area contributed by atoms with E-state index in [1.165, 1.54) is 0 Å². The number of rotatable bonds is 5. The Bertz CT molecular complexity index is 421. The van der Waals surface area contributed by atoms with Crippen LogP contribution in [0.5, 0.6) is 0 Å². The number of carbonyl (C=O) groups excluding carboxylic acids is 1. The van der Waals surface area contributed by atoms with E-state index in [4.69, 9.17) is 9.63 Å². The van der Waals surface area contributed by atoms with E-state index >= 15 is 0 Å². The van der Waals surface area contributed by atoms with Gasteiger partial charge in [0.1, 0.15) is 5.76 Å². The third kappa shape index (κ3) is 2.20. The number of aliphatic hydroxyl groups is 1. The zero-order chi connectivity index (χ0) is 11.8. The van der Waals surface area contributed by atoms with Crippen molar-refractivity contribution in [1.29, 1.82) is 0 Å². The normalized spacial score (nSPS) is 19.4. The maximum Gasteiger partial charge on any atom is 0.276 e. The Kier molecular flexibility index (Phi) is 2.63. The molecule has 92 valence electrons. The molecule has 1 N–H and O–H groups in total. The van der Waals surface area contributed by atoms with Gasteiger partial charge in [-0.3, -0.25) is 4.79 Å². The Balaban J connectivity index is 1.73. The molecule has 2 aliphatic carbocycles. The molecule has 2 fully saturated rings. The number of nitrogens with zero attached hydrogens (tertiary/aromatic N) is 2. The van der Waals surface area contributed by atoms with E-state index in [2.05, 4.69) is 5.16 Å². The van der Waals surface area contributed by atoms with Gasteiger partial charge in [-0.25, -0.2) is 0 Å². The molecule has 0 aromatic carbocycles. The topological polar surface area (TPSA) is 66.6 Å². The molecule has 0 saturated heterocycles. The summed E-state index contributed by atoms with van der Waals surface area (Å²) in [6.45, 7) is 0.380. The van der Waals surface area contributed by atoms with Crippen LogP contribution in [-0.2, 0) is 0 Å². The second-order valence-corrected chi connectivity index (χ2v) is 4.84. The van der Waals surface area contributed by atoms with Crippen molar-refractivity contribution in [3.63, 3.8) is 0 Å². The van der Waals surface area contributed by atoms with Crippen molar-refractivity contribution in [2.24, 2.45) is 0 Å².